The van der Waals surface area contributed by atoms with Crippen molar-refractivity contribution in [3.05, 3.63) is 43.5 Å². The summed E-state index contributed by atoms with van der Waals surface area (Å²) in [5, 5.41) is 34.8. The fraction of sp³-hybridized carbons (Fsp3) is 0.611. The lowest BCUT2D eigenvalue weighted by Crippen LogP contribution is -2.59. The Morgan fingerprint density at radius 2 is 1.54 bits per heavy atom. The number of carbonyl (C=O) groups is 1. The summed E-state index contributed by atoms with van der Waals surface area (Å²) in [7, 11) is 0. The first-order valence-electron chi connectivity index (χ1n) is 8.81. The van der Waals surface area contributed by atoms with Gasteiger partial charge in [0.25, 0.3) is 11.4 Å². The standard InChI is InChI=1S/C18H20N2O6/c1-10-14(19(23)24)3-13(4-15(10)20(25)26)17-5-11-2-12(6-17)8-18(7-11,9-17)16(21)22/h3-4,11-12H,2,5-9H2,1H3,(H,21,22)/p-1/t11-,12+,17?,18?. The van der Waals surface area contributed by atoms with Gasteiger partial charge in [-0.1, -0.05) is 0 Å². The van der Waals surface area contributed by atoms with Crippen LogP contribution in [0.1, 0.15) is 49.7 Å². The number of aliphatic carboxylic acids is 1. The summed E-state index contributed by atoms with van der Waals surface area (Å²) in [5.41, 5.74) is -1.42. The van der Waals surface area contributed by atoms with Crippen molar-refractivity contribution in [3.8, 4) is 0 Å². The van der Waals surface area contributed by atoms with Crippen LogP contribution in [0.5, 0.6) is 0 Å². The van der Waals surface area contributed by atoms with Crippen molar-refractivity contribution < 1.29 is 19.7 Å². The summed E-state index contributed by atoms with van der Waals surface area (Å²) in [6, 6.07) is 2.86. The Morgan fingerprint density at radius 1 is 1.04 bits per heavy atom. The molecule has 0 N–H and O–H groups in total. The van der Waals surface area contributed by atoms with E-state index in [-0.39, 0.29) is 28.8 Å². The van der Waals surface area contributed by atoms with Crippen molar-refractivity contribution in [1.29, 1.82) is 0 Å². The van der Waals surface area contributed by atoms with Crippen molar-refractivity contribution in [2.75, 3.05) is 0 Å². The van der Waals surface area contributed by atoms with Crippen molar-refractivity contribution in [1.82, 2.24) is 0 Å². The topological polar surface area (TPSA) is 126 Å². The first-order chi connectivity index (χ1) is 12.2. The van der Waals surface area contributed by atoms with Crippen LogP contribution in [-0.4, -0.2) is 15.8 Å². The number of nitrogens with zero attached hydrogens (tertiary/aromatic N) is 2. The molecule has 0 heterocycles. The van der Waals surface area contributed by atoms with Gasteiger partial charge in [0.15, 0.2) is 0 Å². The highest BCUT2D eigenvalue weighted by atomic mass is 16.6. The molecule has 4 bridgehead atoms. The molecule has 4 aliphatic rings. The zero-order valence-electron chi connectivity index (χ0n) is 14.4. The van der Waals surface area contributed by atoms with Crippen molar-refractivity contribution in [2.24, 2.45) is 17.3 Å². The minimum Gasteiger partial charge on any atom is -0.550 e. The number of rotatable bonds is 4. The number of carboxylic acids is 1. The first kappa shape index (κ1) is 16.9. The number of hydrogen-bond acceptors (Lipinski definition) is 6. The predicted molar refractivity (Wildman–Crippen MR) is 88.3 cm³/mol. The first-order valence-corrected chi connectivity index (χ1v) is 8.81. The van der Waals surface area contributed by atoms with Crippen molar-refractivity contribution >= 4 is 17.3 Å². The van der Waals surface area contributed by atoms with Crippen LogP contribution >= 0.6 is 0 Å². The van der Waals surface area contributed by atoms with Crippen LogP contribution in [-0.2, 0) is 10.2 Å². The fourth-order valence-corrected chi connectivity index (χ4v) is 6.21. The minimum atomic E-state index is -1.05. The highest BCUT2D eigenvalue weighted by Gasteiger charge is 2.59. The maximum Gasteiger partial charge on any atom is 0.279 e. The molecule has 0 spiro atoms. The molecule has 4 atom stereocenters. The summed E-state index contributed by atoms with van der Waals surface area (Å²) >= 11 is 0. The Labute approximate surface area is 149 Å². The van der Waals surface area contributed by atoms with E-state index >= 15 is 0 Å². The Hall–Kier alpha value is -2.51. The van der Waals surface area contributed by atoms with Gasteiger partial charge in [0.1, 0.15) is 5.56 Å². The largest absolute Gasteiger partial charge is 0.550 e. The smallest absolute Gasteiger partial charge is 0.279 e. The number of carbonyl (C=O) groups excluding carboxylic acids is 1. The number of carboxylic acid groups (broad SMARTS) is 1. The molecule has 8 heteroatoms. The quantitative estimate of drug-likeness (QED) is 0.600. The zero-order valence-corrected chi connectivity index (χ0v) is 14.4. The summed E-state index contributed by atoms with van der Waals surface area (Å²) in [4.78, 5) is 33.6. The molecule has 1 aromatic carbocycles. The summed E-state index contributed by atoms with van der Waals surface area (Å²) in [5.74, 6) is -0.589. The van der Waals surface area contributed by atoms with Crippen LogP contribution in [0.25, 0.3) is 0 Å². The van der Waals surface area contributed by atoms with Crippen LogP contribution in [0, 0.1) is 44.4 Å². The Kier molecular flexibility index (Phi) is 3.42. The van der Waals surface area contributed by atoms with E-state index in [0.717, 1.165) is 19.3 Å². The molecule has 4 fully saturated rings. The normalized spacial score (nSPS) is 34.7. The van der Waals surface area contributed by atoms with Crippen LogP contribution in [0.15, 0.2) is 12.1 Å². The van der Waals surface area contributed by atoms with Crippen molar-refractivity contribution in [2.45, 2.75) is 50.9 Å². The fourth-order valence-electron chi connectivity index (χ4n) is 6.21. The van der Waals surface area contributed by atoms with E-state index in [1.807, 2.05) is 0 Å². The van der Waals surface area contributed by atoms with Gasteiger partial charge in [-0.15, -0.1) is 0 Å². The van der Waals surface area contributed by atoms with E-state index < -0.39 is 26.6 Å². The molecule has 4 aliphatic carbocycles. The Balaban J connectivity index is 1.88. The van der Waals surface area contributed by atoms with Gasteiger partial charge in [0.2, 0.25) is 0 Å². The number of nitro benzene ring substituents is 2. The monoisotopic (exact) mass is 359 g/mol. The second kappa shape index (κ2) is 5.25. The molecule has 138 valence electrons. The molecular formula is C18H19N2O6-. The zero-order chi connectivity index (χ0) is 18.9. The van der Waals surface area contributed by atoms with E-state index in [0.29, 0.717) is 24.8 Å². The molecule has 8 nitrogen and oxygen atoms in total. The highest BCUT2D eigenvalue weighted by Crippen LogP contribution is 2.66. The summed E-state index contributed by atoms with van der Waals surface area (Å²) < 4.78 is 0. The lowest BCUT2D eigenvalue weighted by Gasteiger charge is -2.62. The maximum absolute atomic E-state index is 11.9. The summed E-state index contributed by atoms with van der Waals surface area (Å²) in [6.45, 7) is 1.38. The van der Waals surface area contributed by atoms with E-state index in [2.05, 4.69) is 0 Å². The van der Waals surface area contributed by atoms with E-state index in [1.165, 1.54) is 19.1 Å². The van der Waals surface area contributed by atoms with Gasteiger partial charge < -0.3 is 9.90 Å². The highest BCUT2D eigenvalue weighted by molar-refractivity contribution is 5.74. The van der Waals surface area contributed by atoms with Gasteiger partial charge in [-0.25, -0.2) is 0 Å². The van der Waals surface area contributed by atoms with Gasteiger partial charge in [-0.2, -0.15) is 0 Å². The molecule has 0 amide bonds. The van der Waals surface area contributed by atoms with Gasteiger partial charge in [0, 0.05) is 23.5 Å². The third kappa shape index (κ3) is 2.24. The molecule has 0 aromatic heterocycles. The molecule has 5 rings (SSSR count). The van der Waals surface area contributed by atoms with E-state index in [9.17, 15) is 30.1 Å². The minimum absolute atomic E-state index is 0.0306. The number of benzene rings is 1. The van der Waals surface area contributed by atoms with Crippen LogP contribution in [0.3, 0.4) is 0 Å². The lowest BCUT2D eigenvalue weighted by molar-refractivity contribution is -0.395. The van der Waals surface area contributed by atoms with Gasteiger partial charge >= 0.3 is 0 Å². The summed E-state index contributed by atoms with van der Waals surface area (Å²) in [6.07, 6.45) is 3.96. The molecular weight excluding hydrogens is 340 g/mol. The second-order valence-corrected chi connectivity index (χ2v) is 8.46. The van der Waals surface area contributed by atoms with Crippen molar-refractivity contribution in [3.63, 3.8) is 0 Å². The van der Waals surface area contributed by atoms with E-state index in [4.69, 9.17) is 0 Å². The molecule has 0 aliphatic heterocycles. The molecule has 4 saturated carbocycles. The van der Waals surface area contributed by atoms with E-state index in [1.54, 1.807) is 0 Å². The Morgan fingerprint density at radius 3 is 1.96 bits per heavy atom. The number of hydrogen-bond donors (Lipinski definition) is 0. The van der Waals surface area contributed by atoms with Crippen LogP contribution in [0.4, 0.5) is 11.4 Å². The SMILES string of the molecule is Cc1c([N+](=O)[O-])cc(C23C[C@@H]4C[C@@H](CC(C(=O)[O-])(C4)C2)C3)cc1[N+](=O)[O-]. The third-order valence-corrected chi connectivity index (χ3v) is 6.85. The second-order valence-electron chi connectivity index (χ2n) is 8.46. The molecule has 0 radical (unpaired) electrons. The van der Waals surface area contributed by atoms with Crippen LogP contribution < -0.4 is 5.11 Å². The predicted octanol–water partition coefficient (Wildman–Crippen LogP) is 2.40. The average molecular weight is 359 g/mol. The van der Waals surface area contributed by atoms with Gasteiger partial charge in [0.05, 0.1) is 9.85 Å². The molecule has 26 heavy (non-hydrogen) atoms. The maximum atomic E-state index is 11.9. The molecule has 1 aromatic rings. The van der Waals surface area contributed by atoms with Gasteiger partial charge in [-0.3, -0.25) is 20.2 Å². The molecule has 2 unspecified atom stereocenters. The molecule has 0 saturated heterocycles. The van der Waals surface area contributed by atoms with Crippen LogP contribution in [0.2, 0.25) is 0 Å². The lowest BCUT2D eigenvalue weighted by atomic mass is 9.43. The third-order valence-electron chi connectivity index (χ3n) is 6.85. The number of nitro groups is 2. The van der Waals surface area contributed by atoms with Gasteiger partial charge in [-0.05, 0) is 68.3 Å². The Bertz CT molecular complexity index is 799. The average Bonchev–Trinajstić information content (AvgIpc) is 2.52.